The second kappa shape index (κ2) is 42.8. The van der Waals surface area contributed by atoms with Crippen molar-refractivity contribution in [2.24, 2.45) is 0 Å². The lowest BCUT2D eigenvalue weighted by atomic mass is 10.0. The van der Waals surface area contributed by atoms with Crippen molar-refractivity contribution in [1.29, 1.82) is 0 Å². The third-order valence-corrected chi connectivity index (χ3v) is 21.3. The number of nitrogens with zero attached hydrogens (tertiary/aromatic N) is 10. The Kier molecular flexibility index (Phi) is 28.9. The molecule has 10 aromatic carbocycles. The first-order valence-electron chi connectivity index (χ1n) is 40.8. The Labute approximate surface area is 788 Å². The Hall–Kier alpha value is -16.6. The molecule has 0 aliphatic carbocycles. The van der Waals surface area contributed by atoms with Crippen LogP contribution in [-0.2, 0) is 12.8 Å². The topological polar surface area (TPSA) is 391 Å². The van der Waals surface area contributed by atoms with Gasteiger partial charge in [0.1, 0.15) is 5.75 Å². The number of hydrogen-bond donors (Lipinski definition) is 3. The molecule has 0 aliphatic rings. The van der Waals surface area contributed by atoms with Crippen molar-refractivity contribution >= 4 is 101 Å². The Morgan fingerprint density at radius 3 is 1.06 bits per heavy atom. The molecule has 0 saturated heterocycles. The number of furan rings is 5. The van der Waals surface area contributed by atoms with Crippen molar-refractivity contribution in [2.45, 2.75) is 33.6 Å². The lowest BCUT2D eigenvalue weighted by molar-refractivity contribution is 0.0984. The van der Waals surface area contributed by atoms with Crippen LogP contribution in [0.1, 0.15) is 79.6 Å². The molecule has 0 unspecified atom stereocenters. The molecular formula is C101H71Br2Cl2N13O16. The molecule has 10 heterocycles. The highest BCUT2D eigenvalue weighted by atomic mass is 79.9. The van der Waals surface area contributed by atoms with E-state index in [1.54, 1.807) is 152 Å². The van der Waals surface area contributed by atoms with Gasteiger partial charge in [0.2, 0.25) is 29.5 Å². The van der Waals surface area contributed by atoms with E-state index < -0.39 is 0 Å². The zero-order valence-electron chi connectivity index (χ0n) is 71.0. The molecule has 0 saturated carbocycles. The Bertz CT molecular complexity index is 7300. The van der Waals surface area contributed by atoms with E-state index in [0.29, 0.717) is 161 Å². The van der Waals surface area contributed by atoms with Crippen LogP contribution in [0.4, 0.5) is 17.1 Å². The first-order valence-corrected chi connectivity index (χ1v) is 43.1. The molecule has 20 aromatic rings. The van der Waals surface area contributed by atoms with Crippen molar-refractivity contribution in [3.05, 3.63) is 391 Å². The summed E-state index contributed by atoms with van der Waals surface area (Å²) in [4.78, 5) is 62.6. The first kappa shape index (κ1) is 90.7. The molecule has 3 N–H and O–H groups in total. The number of amides is 3. The van der Waals surface area contributed by atoms with E-state index in [-0.39, 0.29) is 46.1 Å². The Morgan fingerprint density at radius 2 is 0.679 bits per heavy atom. The normalized spacial score (nSPS) is 10.7. The van der Waals surface area contributed by atoms with Crippen LogP contribution in [0.25, 0.3) is 116 Å². The molecule has 29 nitrogen and oxygen atoms in total. The van der Waals surface area contributed by atoms with Crippen LogP contribution in [-0.4, -0.2) is 87.4 Å². The zero-order valence-corrected chi connectivity index (χ0v) is 75.6. The third-order valence-electron chi connectivity index (χ3n) is 19.8. The number of benzene rings is 10. The van der Waals surface area contributed by atoms with E-state index in [9.17, 15) is 24.0 Å². The number of aryl methyl sites for hydroxylation is 3. The number of rotatable bonds is 23. The molecule has 0 aliphatic heterocycles. The molecule has 0 radical (unpaired) electrons. The van der Waals surface area contributed by atoms with Gasteiger partial charge in [-0.3, -0.25) is 24.0 Å². The second-order valence-electron chi connectivity index (χ2n) is 29.3. The summed E-state index contributed by atoms with van der Waals surface area (Å²) in [6.07, 6.45) is 8.31. The molecule has 664 valence electrons. The van der Waals surface area contributed by atoms with Gasteiger partial charge in [0, 0.05) is 88.4 Å². The largest absolute Gasteiger partial charge is 0.496 e. The average molecular weight is 1950 g/mol. The summed E-state index contributed by atoms with van der Waals surface area (Å²) in [5, 5.41) is 49.5. The fourth-order valence-corrected chi connectivity index (χ4v) is 14.3. The van der Waals surface area contributed by atoms with Gasteiger partial charge < -0.3 is 64.9 Å². The third kappa shape index (κ3) is 23.3. The van der Waals surface area contributed by atoms with Crippen LogP contribution in [0.2, 0.25) is 10.0 Å². The zero-order chi connectivity index (χ0) is 93.0. The van der Waals surface area contributed by atoms with Gasteiger partial charge in [-0.25, -0.2) is 0 Å². The SMILES string of the molecule is COc1ccc(Br)cc1C(=O)Nc1cccc(-c2nnc(-c3ccco3)o2)c1.Cc1ccc(C(=O)Nc2cccc(-c3nnc(-c4ccco4)o3)c2)cc1C.Cc1cccc(C(=O)Cc2cccc(-c3nnc(-c4ccco4)o3)c2)c1.O=C(Cc1cccc(-c2nnc(-c3ccco3)o2)c1)c1cccc(Br)c1.O=C(Nc1cccc(-c2nnc(-c3ccco3)o2)c1)c1ccc(Cl)cc1Cl. The quantitative estimate of drug-likeness (QED) is 0.0501. The summed E-state index contributed by atoms with van der Waals surface area (Å²) in [5.41, 5.74) is 13.2. The summed E-state index contributed by atoms with van der Waals surface area (Å²) in [6, 6.07) is 84.5. The number of halogens is 4. The summed E-state index contributed by atoms with van der Waals surface area (Å²) in [7, 11) is 1.52. The standard InChI is InChI=1S/C21H17N3O3.C21H16N2O3.C20H14BrN3O4.C20H13BrN2O3.C19H11Cl2N3O3/c1-13-8-9-15(11-14(13)2)19(25)22-17-6-3-5-16(12-17)20-23-24-21(27-20)18-7-4-10-26-18;1-14-5-2-7-16(11-14)18(24)13-15-6-3-8-17(12-15)20-22-23-21(26-20)19-9-4-10-25-19;1-26-16-8-7-13(21)11-15(16)18(25)22-14-5-2-4-12(10-14)19-23-24-20(28-19)17-6-3-9-27-17;21-16-7-2-5-14(12-16)17(24)11-13-4-1-6-15(10-13)19-22-23-20(26-19)18-8-3-9-25-18;20-12-6-7-14(15(21)10-12)17(25)22-13-4-1-3-11(9-13)18-23-24-19(27-18)16-5-2-8-26-16/h3-12H,1-2H3,(H,22,25);2-12H,13H2,1H3;2-11H,1H3,(H,22,25);1-10,12H,11H2;1-10H,(H,22,25). The van der Waals surface area contributed by atoms with Gasteiger partial charge in [-0.1, -0.05) is 139 Å². The summed E-state index contributed by atoms with van der Waals surface area (Å²) in [6.45, 7) is 5.98. The van der Waals surface area contributed by atoms with Crippen LogP contribution in [0.3, 0.4) is 0 Å². The van der Waals surface area contributed by atoms with E-state index in [1.807, 2.05) is 166 Å². The predicted molar refractivity (Wildman–Crippen MR) is 506 cm³/mol. The Morgan fingerprint density at radius 1 is 0.313 bits per heavy atom. The van der Waals surface area contributed by atoms with E-state index >= 15 is 0 Å². The van der Waals surface area contributed by atoms with Crippen LogP contribution < -0.4 is 20.7 Å². The van der Waals surface area contributed by atoms with Crippen LogP contribution >= 0.6 is 55.1 Å². The van der Waals surface area contributed by atoms with Crippen molar-refractivity contribution in [1.82, 2.24) is 51.0 Å². The van der Waals surface area contributed by atoms with Crippen LogP contribution in [0, 0.1) is 20.8 Å². The number of carbonyl (C=O) groups excluding carboxylic acids is 5. The lowest BCUT2D eigenvalue weighted by Gasteiger charge is -2.10. The van der Waals surface area contributed by atoms with E-state index in [4.69, 9.17) is 72.1 Å². The number of anilines is 3. The number of ether oxygens (including phenoxy) is 1. The number of hydrogen-bond acceptors (Lipinski definition) is 26. The molecule has 10 aromatic heterocycles. The lowest BCUT2D eigenvalue weighted by Crippen LogP contribution is -2.13. The van der Waals surface area contributed by atoms with Crippen molar-refractivity contribution in [2.75, 3.05) is 23.1 Å². The smallest absolute Gasteiger partial charge is 0.283 e. The maximum absolute atomic E-state index is 12.7. The van der Waals surface area contributed by atoms with Gasteiger partial charge in [-0.05, 0) is 249 Å². The fourth-order valence-electron chi connectivity index (χ4n) is 13.1. The highest BCUT2D eigenvalue weighted by molar-refractivity contribution is 9.10. The summed E-state index contributed by atoms with van der Waals surface area (Å²) >= 11 is 18.7. The minimum Gasteiger partial charge on any atom is -0.496 e. The molecule has 33 heteroatoms. The maximum Gasteiger partial charge on any atom is 0.283 e. The van der Waals surface area contributed by atoms with Crippen molar-refractivity contribution in [3.63, 3.8) is 0 Å². The minimum absolute atomic E-state index is 0.0465. The van der Waals surface area contributed by atoms with Crippen LogP contribution in [0.15, 0.2) is 370 Å². The molecule has 3 amide bonds. The molecule has 0 spiro atoms. The van der Waals surface area contributed by atoms with Gasteiger partial charge in [-0.2, -0.15) is 0 Å². The average Bonchev–Trinajstić information content (AvgIpc) is 1.73. The number of aromatic nitrogens is 10. The van der Waals surface area contributed by atoms with Gasteiger partial charge in [0.15, 0.2) is 40.4 Å². The van der Waals surface area contributed by atoms with E-state index in [1.165, 1.54) is 25.7 Å². The number of methoxy groups -OCH3 is 1. The van der Waals surface area contributed by atoms with Crippen LogP contribution in [0.5, 0.6) is 5.75 Å². The van der Waals surface area contributed by atoms with E-state index in [0.717, 1.165) is 47.9 Å². The monoisotopic (exact) mass is 1950 g/mol. The molecule has 0 atom stereocenters. The second-order valence-corrected chi connectivity index (χ2v) is 32.0. The number of Topliss-reactive ketones (excluding diaryl/α,β-unsaturated/α-hetero) is 2. The van der Waals surface area contributed by atoms with Crippen molar-refractivity contribution < 1.29 is 72.9 Å². The highest BCUT2D eigenvalue weighted by Crippen LogP contribution is 2.35. The van der Waals surface area contributed by atoms with Gasteiger partial charge >= 0.3 is 0 Å². The summed E-state index contributed by atoms with van der Waals surface area (Å²) in [5.74, 6) is 5.58. The Balaban J connectivity index is 0.000000122. The minimum atomic E-state index is -0.351. The maximum atomic E-state index is 12.7. The molecule has 0 bridgehead atoms. The highest BCUT2D eigenvalue weighted by Gasteiger charge is 2.23. The number of nitrogens with one attached hydrogen (secondary N) is 3. The first-order chi connectivity index (χ1) is 65.2. The van der Waals surface area contributed by atoms with Gasteiger partial charge in [-0.15, -0.1) is 51.0 Å². The fraction of sp³-hybridized carbons (Fsp3) is 0.0594. The molecular weight excluding hydrogens is 1880 g/mol. The van der Waals surface area contributed by atoms with Crippen molar-refractivity contribution in [3.8, 4) is 121 Å². The molecule has 20 rings (SSSR count). The predicted octanol–water partition coefficient (Wildman–Crippen LogP) is 25.4. The number of ketones is 2. The van der Waals surface area contributed by atoms with Gasteiger partial charge in [0.25, 0.3) is 47.2 Å². The number of carbonyl (C=O) groups is 5. The van der Waals surface area contributed by atoms with Gasteiger partial charge in [0.05, 0.1) is 54.6 Å². The molecule has 134 heavy (non-hydrogen) atoms. The summed E-state index contributed by atoms with van der Waals surface area (Å²) < 4.78 is 61.5. The molecule has 0 fully saturated rings. The van der Waals surface area contributed by atoms with E-state index in [2.05, 4.69) is 98.8 Å².